The second-order valence-electron chi connectivity index (χ2n) is 5.83. The van der Waals surface area contributed by atoms with Crippen LogP contribution in [0.15, 0.2) is 12.5 Å². The predicted octanol–water partition coefficient (Wildman–Crippen LogP) is 2.43. The normalized spacial score (nSPS) is 12.6. The average Bonchev–Trinajstić information content (AvgIpc) is 2.84. The Bertz CT molecular complexity index is 704. The van der Waals surface area contributed by atoms with Crippen LogP contribution in [-0.4, -0.2) is 44.7 Å². The molecular weight excluding hydrogens is 333 g/mol. The van der Waals surface area contributed by atoms with Crippen molar-refractivity contribution in [3.8, 4) is 0 Å². The third kappa shape index (κ3) is 5.24. The van der Waals surface area contributed by atoms with Gasteiger partial charge in [0.15, 0.2) is 5.65 Å². The quantitative estimate of drug-likeness (QED) is 0.537. The van der Waals surface area contributed by atoms with E-state index in [1.54, 1.807) is 44.8 Å². The molecule has 0 spiro atoms. The van der Waals surface area contributed by atoms with E-state index in [-0.39, 0.29) is 24.5 Å². The summed E-state index contributed by atoms with van der Waals surface area (Å²) in [5.41, 5.74) is 6.88. The fraction of sp³-hybridized carbons (Fsp3) is 0.643. The van der Waals surface area contributed by atoms with Crippen molar-refractivity contribution >= 4 is 24.7 Å². The molecule has 0 aliphatic carbocycles. The average molecular weight is 357 g/mol. The van der Waals surface area contributed by atoms with E-state index in [2.05, 4.69) is 15.0 Å². The van der Waals surface area contributed by atoms with Crippen LogP contribution >= 0.6 is 7.60 Å². The summed E-state index contributed by atoms with van der Waals surface area (Å²) in [5.74, 6) is 0.185. The summed E-state index contributed by atoms with van der Waals surface area (Å²) in [4.78, 5) is 12.2. The van der Waals surface area contributed by atoms with Gasteiger partial charge in [-0.3, -0.25) is 4.57 Å². The van der Waals surface area contributed by atoms with E-state index in [1.807, 2.05) is 0 Å². The van der Waals surface area contributed by atoms with Crippen LogP contribution in [0.3, 0.4) is 0 Å². The standard InChI is InChI=1S/C14H24N5O4P/c1-10(2)22-24(20,23-11(3)4)9-21-6-5-19-8-17-12-7-16-14(15)18-13(12)19/h7-8,10-11H,5-6,9H2,1-4H3,(H2,15,16,18). The minimum Gasteiger partial charge on any atom is -0.368 e. The molecule has 0 radical (unpaired) electrons. The summed E-state index contributed by atoms with van der Waals surface area (Å²) >= 11 is 0. The SMILES string of the molecule is CC(C)OP(=O)(COCCn1cnc2cnc(N)nc21)OC(C)C. The smallest absolute Gasteiger partial charge is 0.356 e. The van der Waals surface area contributed by atoms with Gasteiger partial charge < -0.3 is 24.1 Å². The minimum atomic E-state index is -3.29. The number of aromatic nitrogens is 4. The largest absolute Gasteiger partial charge is 0.368 e. The number of hydrogen-bond donors (Lipinski definition) is 1. The van der Waals surface area contributed by atoms with Crippen LogP contribution < -0.4 is 5.73 Å². The molecule has 2 aromatic rings. The fourth-order valence-electron chi connectivity index (χ4n) is 2.10. The minimum absolute atomic E-state index is 0.104. The van der Waals surface area contributed by atoms with E-state index >= 15 is 0 Å². The number of rotatable bonds is 9. The first-order valence-corrected chi connectivity index (χ1v) is 9.49. The van der Waals surface area contributed by atoms with Crippen LogP contribution in [0, 0.1) is 0 Å². The Hall–Kier alpha value is -1.54. The molecule has 0 aliphatic heterocycles. The molecule has 0 bridgehead atoms. The number of hydrogen-bond acceptors (Lipinski definition) is 8. The van der Waals surface area contributed by atoms with E-state index < -0.39 is 7.60 Å². The highest BCUT2D eigenvalue weighted by atomic mass is 31.2. The summed E-state index contributed by atoms with van der Waals surface area (Å²) < 4.78 is 30.8. The molecule has 10 heteroatoms. The molecule has 2 rings (SSSR count). The van der Waals surface area contributed by atoms with Gasteiger partial charge in [-0.2, -0.15) is 4.98 Å². The zero-order valence-electron chi connectivity index (χ0n) is 14.4. The summed E-state index contributed by atoms with van der Waals surface area (Å²) in [7, 11) is -3.29. The summed E-state index contributed by atoms with van der Waals surface area (Å²) in [6.07, 6.45) is 2.67. The van der Waals surface area contributed by atoms with Crippen LogP contribution in [0.5, 0.6) is 0 Å². The maximum Gasteiger partial charge on any atom is 0.356 e. The number of nitrogens with zero attached hydrogens (tertiary/aromatic N) is 4. The van der Waals surface area contributed by atoms with Gasteiger partial charge in [0.05, 0.1) is 31.3 Å². The molecule has 0 fully saturated rings. The third-order valence-corrected chi connectivity index (χ3v) is 4.83. The van der Waals surface area contributed by atoms with Gasteiger partial charge in [-0.05, 0) is 27.7 Å². The van der Waals surface area contributed by atoms with Gasteiger partial charge in [0.1, 0.15) is 11.9 Å². The Morgan fingerprint density at radius 1 is 1.21 bits per heavy atom. The lowest BCUT2D eigenvalue weighted by molar-refractivity contribution is 0.0961. The molecule has 2 aromatic heterocycles. The molecule has 0 saturated heterocycles. The molecule has 0 aliphatic rings. The van der Waals surface area contributed by atoms with Crippen molar-refractivity contribution < 1.29 is 18.3 Å². The summed E-state index contributed by atoms with van der Waals surface area (Å²) in [6, 6.07) is 0. The number of fused-ring (bicyclic) bond motifs is 1. The Morgan fingerprint density at radius 2 is 1.88 bits per heavy atom. The molecule has 24 heavy (non-hydrogen) atoms. The van der Waals surface area contributed by atoms with E-state index in [0.717, 1.165) is 0 Å². The lowest BCUT2D eigenvalue weighted by atomic mass is 10.5. The van der Waals surface area contributed by atoms with E-state index in [1.165, 1.54) is 0 Å². The molecule has 2 heterocycles. The number of imidazole rings is 1. The zero-order chi connectivity index (χ0) is 17.7. The lowest BCUT2D eigenvalue weighted by Crippen LogP contribution is -2.13. The molecule has 0 unspecified atom stereocenters. The third-order valence-electron chi connectivity index (χ3n) is 2.85. The molecule has 0 aromatic carbocycles. The van der Waals surface area contributed by atoms with E-state index in [0.29, 0.717) is 24.3 Å². The second-order valence-corrected chi connectivity index (χ2v) is 7.73. The Balaban J connectivity index is 1.92. The van der Waals surface area contributed by atoms with Gasteiger partial charge in [-0.1, -0.05) is 0 Å². The fourth-order valence-corrected chi connectivity index (χ4v) is 3.91. The first-order valence-electron chi connectivity index (χ1n) is 7.76. The van der Waals surface area contributed by atoms with Gasteiger partial charge in [0, 0.05) is 6.54 Å². The summed E-state index contributed by atoms with van der Waals surface area (Å²) in [6.45, 7) is 8.00. The van der Waals surface area contributed by atoms with Crippen molar-refractivity contribution in [1.29, 1.82) is 0 Å². The first kappa shape index (κ1) is 18.8. The van der Waals surface area contributed by atoms with Gasteiger partial charge in [0.25, 0.3) is 0 Å². The maximum absolute atomic E-state index is 12.6. The number of nitrogens with two attached hydrogens (primary N) is 1. The van der Waals surface area contributed by atoms with Gasteiger partial charge in [-0.25, -0.2) is 9.97 Å². The van der Waals surface area contributed by atoms with Crippen molar-refractivity contribution in [3.05, 3.63) is 12.5 Å². The number of nitrogen functional groups attached to an aromatic ring is 1. The Morgan fingerprint density at radius 3 is 2.50 bits per heavy atom. The molecule has 0 atom stereocenters. The zero-order valence-corrected chi connectivity index (χ0v) is 15.3. The molecule has 0 amide bonds. The van der Waals surface area contributed by atoms with Crippen LogP contribution in [0.25, 0.3) is 11.2 Å². The lowest BCUT2D eigenvalue weighted by Gasteiger charge is -2.22. The monoisotopic (exact) mass is 357 g/mol. The van der Waals surface area contributed by atoms with Crippen molar-refractivity contribution in [3.63, 3.8) is 0 Å². The molecule has 134 valence electrons. The highest BCUT2D eigenvalue weighted by Gasteiger charge is 2.28. The van der Waals surface area contributed by atoms with Gasteiger partial charge in [0.2, 0.25) is 5.95 Å². The van der Waals surface area contributed by atoms with E-state index in [9.17, 15) is 4.57 Å². The van der Waals surface area contributed by atoms with Crippen molar-refractivity contribution in [1.82, 2.24) is 19.5 Å². The molecule has 2 N–H and O–H groups in total. The van der Waals surface area contributed by atoms with E-state index in [4.69, 9.17) is 19.5 Å². The topological polar surface area (TPSA) is 114 Å². The Labute approximate surface area is 141 Å². The van der Waals surface area contributed by atoms with Crippen LogP contribution in [0.2, 0.25) is 0 Å². The second kappa shape index (κ2) is 8.02. The number of ether oxygens (including phenoxy) is 1. The maximum atomic E-state index is 12.6. The van der Waals surface area contributed by atoms with Crippen LogP contribution in [-0.2, 0) is 24.9 Å². The molecule has 9 nitrogen and oxygen atoms in total. The molecular formula is C14H24N5O4P. The predicted molar refractivity (Wildman–Crippen MR) is 90.6 cm³/mol. The summed E-state index contributed by atoms with van der Waals surface area (Å²) in [5, 5.41) is 0. The van der Waals surface area contributed by atoms with Crippen molar-refractivity contribution in [2.75, 3.05) is 18.7 Å². The highest BCUT2D eigenvalue weighted by Crippen LogP contribution is 2.50. The van der Waals surface area contributed by atoms with Gasteiger partial charge in [-0.15, -0.1) is 0 Å². The number of anilines is 1. The Kier molecular flexibility index (Phi) is 6.28. The van der Waals surface area contributed by atoms with Gasteiger partial charge >= 0.3 is 7.60 Å². The van der Waals surface area contributed by atoms with Crippen molar-refractivity contribution in [2.45, 2.75) is 46.4 Å². The van der Waals surface area contributed by atoms with Crippen LogP contribution in [0.1, 0.15) is 27.7 Å². The van der Waals surface area contributed by atoms with Crippen LogP contribution in [0.4, 0.5) is 5.95 Å². The first-order chi connectivity index (χ1) is 11.3. The highest BCUT2D eigenvalue weighted by molar-refractivity contribution is 7.53. The molecule has 0 saturated carbocycles. The van der Waals surface area contributed by atoms with Crippen molar-refractivity contribution in [2.24, 2.45) is 0 Å².